The van der Waals surface area contributed by atoms with E-state index >= 15 is 0 Å². The van der Waals surface area contributed by atoms with Crippen LogP contribution in [0.1, 0.15) is 12.7 Å². The van der Waals surface area contributed by atoms with Crippen LogP contribution in [-0.2, 0) is 6.54 Å². The highest BCUT2D eigenvalue weighted by Crippen LogP contribution is 2.20. The number of hydrogen-bond acceptors (Lipinski definition) is 1. The first-order valence-corrected chi connectivity index (χ1v) is 4.72. The Kier molecular flexibility index (Phi) is 2.00. The molecule has 0 saturated carbocycles. The maximum absolute atomic E-state index is 5.92. The lowest BCUT2D eigenvalue weighted by Crippen LogP contribution is -1.95. The molecule has 0 aliphatic heterocycles. The highest BCUT2D eigenvalue weighted by molar-refractivity contribution is 6.31. The van der Waals surface area contributed by atoms with Crippen molar-refractivity contribution in [2.45, 2.75) is 20.4 Å². The second-order valence-corrected chi connectivity index (χ2v) is 3.47. The van der Waals surface area contributed by atoms with E-state index in [0.29, 0.717) is 0 Å². The Hall–Kier alpha value is -1.02. The first-order valence-electron chi connectivity index (χ1n) is 4.34. The van der Waals surface area contributed by atoms with E-state index in [1.807, 2.05) is 25.1 Å². The summed E-state index contributed by atoms with van der Waals surface area (Å²) in [7, 11) is 0. The summed E-state index contributed by atoms with van der Waals surface area (Å²) in [6.45, 7) is 5.05. The number of hydrogen-bond donors (Lipinski definition) is 0. The van der Waals surface area contributed by atoms with Gasteiger partial charge in [0.25, 0.3) is 0 Å². The molecule has 3 heteroatoms. The zero-order chi connectivity index (χ0) is 9.42. The normalized spacial score (nSPS) is 11.0. The first-order chi connectivity index (χ1) is 6.22. The topological polar surface area (TPSA) is 17.8 Å². The summed E-state index contributed by atoms with van der Waals surface area (Å²) in [5, 5.41) is 0.766. The first kappa shape index (κ1) is 8.57. The SMILES string of the molecule is CCn1c(C)nc2ccc(Cl)cc21. The minimum absolute atomic E-state index is 0.766. The van der Waals surface area contributed by atoms with Gasteiger partial charge in [-0.05, 0) is 32.0 Å². The van der Waals surface area contributed by atoms with Crippen LogP contribution in [0, 0.1) is 6.92 Å². The molecule has 1 aromatic carbocycles. The summed E-state index contributed by atoms with van der Waals surface area (Å²) in [6, 6.07) is 5.79. The van der Waals surface area contributed by atoms with E-state index in [1.165, 1.54) is 0 Å². The average Bonchev–Trinajstić information content (AvgIpc) is 2.40. The fraction of sp³-hybridized carbons (Fsp3) is 0.300. The summed E-state index contributed by atoms with van der Waals surface area (Å²) in [4.78, 5) is 4.43. The number of benzene rings is 1. The molecule has 13 heavy (non-hydrogen) atoms. The van der Waals surface area contributed by atoms with E-state index < -0.39 is 0 Å². The van der Waals surface area contributed by atoms with Gasteiger partial charge in [-0.15, -0.1) is 0 Å². The van der Waals surface area contributed by atoms with Crippen LogP contribution >= 0.6 is 11.6 Å². The van der Waals surface area contributed by atoms with E-state index in [2.05, 4.69) is 16.5 Å². The third-order valence-electron chi connectivity index (χ3n) is 2.22. The Morgan fingerprint density at radius 1 is 1.46 bits per heavy atom. The number of halogens is 1. The fourth-order valence-corrected chi connectivity index (χ4v) is 1.78. The van der Waals surface area contributed by atoms with Crippen molar-refractivity contribution in [2.24, 2.45) is 0 Å². The van der Waals surface area contributed by atoms with Crippen molar-refractivity contribution in [1.29, 1.82) is 0 Å². The molecule has 0 radical (unpaired) electrons. The van der Waals surface area contributed by atoms with Crippen molar-refractivity contribution in [2.75, 3.05) is 0 Å². The smallest absolute Gasteiger partial charge is 0.106 e. The van der Waals surface area contributed by atoms with Gasteiger partial charge in [-0.25, -0.2) is 4.98 Å². The van der Waals surface area contributed by atoms with Crippen LogP contribution in [0.5, 0.6) is 0 Å². The van der Waals surface area contributed by atoms with Crippen molar-refractivity contribution < 1.29 is 0 Å². The lowest BCUT2D eigenvalue weighted by Gasteiger charge is -2.01. The molecular formula is C10H11ClN2. The van der Waals surface area contributed by atoms with E-state index in [4.69, 9.17) is 11.6 Å². The Labute approximate surface area is 82.1 Å². The fourth-order valence-electron chi connectivity index (χ4n) is 1.62. The molecule has 0 aliphatic rings. The molecule has 0 aliphatic carbocycles. The molecule has 0 unspecified atom stereocenters. The van der Waals surface area contributed by atoms with Crippen LogP contribution in [0.25, 0.3) is 11.0 Å². The van der Waals surface area contributed by atoms with Crippen molar-refractivity contribution in [3.8, 4) is 0 Å². The summed E-state index contributed by atoms with van der Waals surface area (Å²) in [6.07, 6.45) is 0. The predicted molar refractivity (Wildman–Crippen MR) is 55.2 cm³/mol. The van der Waals surface area contributed by atoms with Crippen LogP contribution in [0.4, 0.5) is 0 Å². The molecule has 0 bridgehead atoms. The van der Waals surface area contributed by atoms with Gasteiger partial charge in [-0.3, -0.25) is 0 Å². The van der Waals surface area contributed by atoms with Crippen LogP contribution in [0.2, 0.25) is 5.02 Å². The lowest BCUT2D eigenvalue weighted by atomic mass is 10.3. The maximum Gasteiger partial charge on any atom is 0.106 e. The third kappa shape index (κ3) is 1.31. The van der Waals surface area contributed by atoms with Gasteiger partial charge in [0.2, 0.25) is 0 Å². The molecule has 68 valence electrons. The van der Waals surface area contributed by atoms with E-state index in [-0.39, 0.29) is 0 Å². The second kappa shape index (κ2) is 3.04. The standard InChI is InChI=1S/C10H11ClN2/c1-3-13-7(2)12-9-5-4-8(11)6-10(9)13/h4-6H,3H2,1-2H3. The summed E-state index contributed by atoms with van der Waals surface area (Å²) in [5.41, 5.74) is 2.14. The molecule has 0 atom stereocenters. The van der Waals surface area contributed by atoms with Gasteiger partial charge in [0.1, 0.15) is 5.82 Å². The van der Waals surface area contributed by atoms with Crippen LogP contribution in [0.15, 0.2) is 18.2 Å². The van der Waals surface area contributed by atoms with Gasteiger partial charge < -0.3 is 4.57 Å². The molecule has 0 amide bonds. The minimum atomic E-state index is 0.766. The highest BCUT2D eigenvalue weighted by atomic mass is 35.5. The molecule has 0 N–H and O–H groups in total. The van der Waals surface area contributed by atoms with Crippen molar-refractivity contribution >= 4 is 22.6 Å². The zero-order valence-electron chi connectivity index (χ0n) is 7.71. The predicted octanol–water partition coefficient (Wildman–Crippen LogP) is 3.02. The van der Waals surface area contributed by atoms with E-state index in [0.717, 1.165) is 28.4 Å². The molecule has 0 spiro atoms. The largest absolute Gasteiger partial charge is 0.328 e. The van der Waals surface area contributed by atoms with E-state index in [1.54, 1.807) is 0 Å². The quantitative estimate of drug-likeness (QED) is 0.683. The highest BCUT2D eigenvalue weighted by Gasteiger charge is 2.05. The number of aromatic nitrogens is 2. The number of aryl methyl sites for hydroxylation is 2. The lowest BCUT2D eigenvalue weighted by molar-refractivity contribution is 0.753. The number of rotatable bonds is 1. The average molecular weight is 195 g/mol. The minimum Gasteiger partial charge on any atom is -0.328 e. The Morgan fingerprint density at radius 2 is 2.23 bits per heavy atom. The summed E-state index contributed by atoms with van der Waals surface area (Å²) in [5.74, 6) is 1.04. The van der Waals surface area contributed by atoms with Crippen LogP contribution < -0.4 is 0 Å². The van der Waals surface area contributed by atoms with Gasteiger partial charge in [0, 0.05) is 11.6 Å². The van der Waals surface area contributed by atoms with Gasteiger partial charge >= 0.3 is 0 Å². The molecule has 0 fully saturated rings. The van der Waals surface area contributed by atoms with Crippen molar-refractivity contribution in [3.63, 3.8) is 0 Å². The van der Waals surface area contributed by atoms with Gasteiger partial charge in [0.15, 0.2) is 0 Å². The number of fused-ring (bicyclic) bond motifs is 1. The summed E-state index contributed by atoms with van der Waals surface area (Å²) < 4.78 is 2.15. The molecular weight excluding hydrogens is 184 g/mol. The molecule has 1 aromatic heterocycles. The van der Waals surface area contributed by atoms with Gasteiger partial charge in [-0.2, -0.15) is 0 Å². The molecule has 1 heterocycles. The van der Waals surface area contributed by atoms with Crippen LogP contribution in [0.3, 0.4) is 0 Å². The Bertz CT molecular complexity index is 445. The van der Waals surface area contributed by atoms with E-state index in [9.17, 15) is 0 Å². The molecule has 2 aromatic rings. The van der Waals surface area contributed by atoms with Gasteiger partial charge in [-0.1, -0.05) is 11.6 Å². The van der Waals surface area contributed by atoms with Crippen LogP contribution in [-0.4, -0.2) is 9.55 Å². The Balaban J connectivity index is 2.80. The molecule has 2 rings (SSSR count). The maximum atomic E-state index is 5.92. The molecule has 0 saturated heterocycles. The molecule has 2 nitrogen and oxygen atoms in total. The third-order valence-corrected chi connectivity index (χ3v) is 2.45. The van der Waals surface area contributed by atoms with Gasteiger partial charge in [0.05, 0.1) is 11.0 Å². The Morgan fingerprint density at radius 3 is 2.92 bits per heavy atom. The number of imidazole rings is 1. The summed E-state index contributed by atoms with van der Waals surface area (Å²) >= 11 is 5.92. The monoisotopic (exact) mass is 194 g/mol. The zero-order valence-corrected chi connectivity index (χ0v) is 8.47. The van der Waals surface area contributed by atoms with Crippen molar-refractivity contribution in [3.05, 3.63) is 29.0 Å². The second-order valence-electron chi connectivity index (χ2n) is 3.04. The van der Waals surface area contributed by atoms with Crippen molar-refractivity contribution in [1.82, 2.24) is 9.55 Å². The number of nitrogens with zero attached hydrogens (tertiary/aromatic N) is 2.